The quantitative estimate of drug-likeness (QED) is 0.454. The molecule has 0 spiro atoms. The van der Waals surface area contributed by atoms with Gasteiger partial charge in [0.1, 0.15) is 0 Å². The molecule has 0 aliphatic heterocycles. The highest BCUT2D eigenvalue weighted by atomic mass is 32.2. The number of benzene rings is 1. The minimum Gasteiger partial charge on any atom is -0.346 e. The molecule has 27 heavy (non-hydrogen) atoms. The van der Waals surface area contributed by atoms with E-state index in [-0.39, 0.29) is 17.6 Å². The van der Waals surface area contributed by atoms with E-state index in [2.05, 4.69) is 35.3 Å². The lowest BCUT2D eigenvalue weighted by atomic mass is 10.2. The van der Waals surface area contributed by atoms with Crippen LogP contribution in [0.3, 0.4) is 0 Å². The van der Waals surface area contributed by atoms with Crippen molar-refractivity contribution >= 4 is 29.7 Å². The molecular weight excluding hydrogens is 358 g/mol. The maximum Gasteiger partial charge on any atom is 0.262 e. The Bertz CT molecular complexity index is 864. The maximum absolute atomic E-state index is 12.0. The third kappa shape index (κ3) is 5.26. The summed E-state index contributed by atoms with van der Waals surface area (Å²) < 4.78 is 2.33. The van der Waals surface area contributed by atoms with E-state index >= 15 is 0 Å². The first kappa shape index (κ1) is 19.3. The van der Waals surface area contributed by atoms with Crippen molar-refractivity contribution in [3.05, 3.63) is 58.9 Å². The summed E-state index contributed by atoms with van der Waals surface area (Å²) in [5.41, 5.74) is 9.49. The van der Waals surface area contributed by atoms with Gasteiger partial charge in [-0.3, -0.25) is 20.4 Å². The smallest absolute Gasteiger partial charge is 0.262 e. The standard InChI is InChI=1S/C21H25N3O2S/c1-14-4-9-19(10-5-14)27-13-21(26)23-22-20(25)11-6-17-12-15(2)24(16(17)3)18-7-8-18/h4-6,9-12,18H,7-8,13H2,1-3H3,(H,22,25)(H,23,26)/b11-6+. The highest BCUT2D eigenvalue weighted by Gasteiger charge is 2.26. The van der Waals surface area contributed by atoms with E-state index in [0.717, 1.165) is 10.5 Å². The summed E-state index contributed by atoms with van der Waals surface area (Å²) >= 11 is 1.43. The van der Waals surface area contributed by atoms with Crippen molar-refractivity contribution in [1.82, 2.24) is 15.4 Å². The molecule has 0 atom stereocenters. The minimum absolute atomic E-state index is 0.241. The molecule has 1 heterocycles. The van der Waals surface area contributed by atoms with Crippen LogP contribution in [-0.4, -0.2) is 22.1 Å². The molecule has 1 aliphatic carbocycles. The van der Waals surface area contributed by atoms with Crippen molar-refractivity contribution in [3.63, 3.8) is 0 Å². The van der Waals surface area contributed by atoms with E-state index in [1.165, 1.54) is 47.6 Å². The van der Waals surface area contributed by atoms with Crippen LogP contribution in [0.25, 0.3) is 6.08 Å². The summed E-state index contributed by atoms with van der Waals surface area (Å²) in [6, 6.07) is 10.7. The lowest BCUT2D eigenvalue weighted by Gasteiger charge is -2.07. The number of aromatic nitrogens is 1. The topological polar surface area (TPSA) is 63.1 Å². The fourth-order valence-electron chi connectivity index (χ4n) is 3.02. The van der Waals surface area contributed by atoms with Crippen LogP contribution in [0, 0.1) is 20.8 Å². The molecule has 0 bridgehead atoms. The van der Waals surface area contributed by atoms with Crippen molar-refractivity contribution < 1.29 is 9.59 Å². The van der Waals surface area contributed by atoms with Gasteiger partial charge in [-0.05, 0) is 63.5 Å². The molecule has 1 aromatic heterocycles. The predicted molar refractivity (Wildman–Crippen MR) is 109 cm³/mol. The molecule has 0 saturated heterocycles. The first-order valence-corrected chi connectivity index (χ1v) is 10.1. The van der Waals surface area contributed by atoms with Crippen LogP contribution in [0.1, 0.15) is 41.4 Å². The van der Waals surface area contributed by atoms with Gasteiger partial charge in [0.25, 0.3) is 5.91 Å². The number of rotatable bonds is 6. The van der Waals surface area contributed by atoms with Gasteiger partial charge in [0.2, 0.25) is 5.91 Å². The Hall–Kier alpha value is -2.47. The van der Waals surface area contributed by atoms with Gasteiger partial charge in [0, 0.05) is 28.4 Å². The Labute approximate surface area is 164 Å². The first-order chi connectivity index (χ1) is 12.9. The number of amides is 2. The Morgan fingerprint density at radius 3 is 2.52 bits per heavy atom. The van der Waals surface area contributed by atoms with Gasteiger partial charge in [-0.2, -0.15) is 0 Å². The second kappa shape index (κ2) is 8.48. The molecular formula is C21H25N3O2S. The second-order valence-corrected chi connectivity index (χ2v) is 7.95. The van der Waals surface area contributed by atoms with Crippen molar-refractivity contribution in [3.8, 4) is 0 Å². The SMILES string of the molecule is Cc1ccc(SCC(=O)NNC(=O)/C=C/c2cc(C)n(C3CC3)c2C)cc1. The third-order valence-corrected chi connectivity index (χ3v) is 5.58. The van der Waals surface area contributed by atoms with Crippen LogP contribution < -0.4 is 10.9 Å². The first-order valence-electron chi connectivity index (χ1n) is 9.09. The number of carbonyl (C=O) groups is 2. The molecule has 5 nitrogen and oxygen atoms in total. The average Bonchev–Trinajstić information content (AvgIpc) is 3.43. The largest absolute Gasteiger partial charge is 0.346 e. The van der Waals surface area contributed by atoms with Crippen LogP contribution in [0.5, 0.6) is 0 Å². The van der Waals surface area contributed by atoms with E-state index in [4.69, 9.17) is 0 Å². The number of nitrogens with zero attached hydrogens (tertiary/aromatic N) is 1. The van der Waals surface area contributed by atoms with Gasteiger partial charge in [0.15, 0.2) is 0 Å². The summed E-state index contributed by atoms with van der Waals surface area (Å²) in [5.74, 6) is -0.343. The minimum atomic E-state index is -0.347. The highest BCUT2D eigenvalue weighted by molar-refractivity contribution is 8.00. The summed E-state index contributed by atoms with van der Waals surface area (Å²) in [4.78, 5) is 24.8. The Kier molecular flexibility index (Phi) is 6.06. The molecule has 1 saturated carbocycles. The summed E-state index contributed by atoms with van der Waals surface area (Å²) in [6.07, 6.45) is 5.70. The normalized spacial score (nSPS) is 13.7. The molecule has 2 N–H and O–H groups in total. The van der Waals surface area contributed by atoms with Crippen molar-refractivity contribution in [2.75, 3.05) is 5.75 Å². The zero-order valence-corrected chi connectivity index (χ0v) is 16.7. The lowest BCUT2D eigenvalue weighted by molar-refractivity contribution is -0.125. The van der Waals surface area contributed by atoms with Gasteiger partial charge < -0.3 is 4.57 Å². The summed E-state index contributed by atoms with van der Waals surface area (Å²) in [6.45, 7) is 6.19. The summed E-state index contributed by atoms with van der Waals surface area (Å²) in [5, 5.41) is 0. The van der Waals surface area contributed by atoms with Crippen LogP contribution in [0.2, 0.25) is 0 Å². The number of hydrogen-bond acceptors (Lipinski definition) is 3. The van der Waals surface area contributed by atoms with E-state index in [1.807, 2.05) is 31.2 Å². The predicted octanol–water partition coefficient (Wildman–Crippen LogP) is 3.70. The Morgan fingerprint density at radius 1 is 1.15 bits per heavy atom. The number of nitrogens with one attached hydrogen (secondary N) is 2. The molecule has 0 unspecified atom stereocenters. The maximum atomic E-state index is 12.0. The molecule has 2 aromatic rings. The van der Waals surface area contributed by atoms with Gasteiger partial charge in [-0.15, -0.1) is 11.8 Å². The number of thioether (sulfide) groups is 1. The lowest BCUT2D eigenvalue weighted by Crippen LogP contribution is -2.41. The van der Waals surface area contributed by atoms with Gasteiger partial charge in [-0.1, -0.05) is 17.7 Å². The highest BCUT2D eigenvalue weighted by Crippen LogP contribution is 2.38. The third-order valence-electron chi connectivity index (χ3n) is 4.57. The van der Waals surface area contributed by atoms with Crippen molar-refractivity contribution in [2.24, 2.45) is 0 Å². The van der Waals surface area contributed by atoms with Gasteiger partial charge in [-0.25, -0.2) is 0 Å². The zero-order valence-electron chi connectivity index (χ0n) is 15.9. The number of hydrogen-bond donors (Lipinski definition) is 2. The monoisotopic (exact) mass is 383 g/mol. The molecule has 1 aliphatic rings. The zero-order chi connectivity index (χ0) is 19.4. The molecule has 3 rings (SSSR count). The van der Waals surface area contributed by atoms with Crippen LogP contribution >= 0.6 is 11.8 Å². The summed E-state index contributed by atoms with van der Waals surface area (Å²) in [7, 11) is 0. The Morgan fingerprint density at radius 2 is 1.85 bits per heavy atom. The molecule has 142 valence electrons. The number of hydrazine groups is 1. The molecule has 1 fully saturated rings. The Balaban J connectivity index is 1.45. The fraction of sp³-hybridized carbons (Fsp3) is 0.333. The van der Waals surface area contributed by atoms with Crippen LogP contribution in [0.15, 0.2) is 41.3 Å². The van der Waals surface area contributed by atoms with E-state index in [9.17, 15) is 9.59 Å². The van der Waals surface area contributed by atoms with Crippen molar-refractivity contribution in [2.45, 2.75) is 44.6 Å². The van der Waals surface area contributed by atoms with E-state index < -0.39 is 0 Å². The average molecular weight is 384 g/mol. The van der Waals surface area contributed by atoms with Gasteiger partial charge >= 0.3 is 0 Å². The second-order valence-electron chi connectivity index (χ2n) is 6.90. The molecule has 1 aromatic carbocycles. The van der Waals surface area contributed by atoms with E-state index in [0.29, 0.717) is 6.04 Å². The molecule has 2 amide bonds. The van der Waals surface area contributed by atoms with Crippen LogP contribution in [-0.2, 0) is 9.59 Å². The van der Waals surface area contributed by atoms with E-state index in [1.54, 1.807) is 6.08 Å². The van der Waals surface area contributed by atoms with Crippen LogP contribution in [0.4, 0.5) is 0 Å². The molecule has 6 heteroatoms. The van der Waals surface area contributed by atoms with Gasteiger partial charge in [0.05, 0.1) is 5.75 Å². The fourth-order valence-corrected chi connectivity index (χ4v) is 3.72. The van der Waals surface area contributed by atoms with Crippen molar-refractivity contribution in [1.29, 1.82) is 0 Å². The number of carbonyl (C=O) groups excluding carboxylic acids is 2. The number of aryl methyl sites for hydroxylation is 2. The molecule has 0 radical (unpaired) electrons.